The average Bonchev–Trinajstić information content (AvgIpc) is 2.24. The molecule has 1 fully saturated rings. The quantitative estimate of drug-likeness (QED) is 0.657. The Morgan fingerprint density at radius 2 is 2.00 bits per heavy atom. The molecule has 3 nitrogen and oxygen atoms in total. The van der Waals surface area contributed by atoms with Gasteiger partial charge in [-0.05, 0) is 25.2 Å². The van der Waals surface area contributed by atoms with Crippen molar-refractivity contribution in [3.05, 3.63) is 0 Å². The molecule has 0 saturated carbocycles. The maximum atomic E-state index is 5.54. The summed E-state index contributed by atoms with van der Waals surface area (Å²) in [6.07, 6.45) is 3.45. The predicted molar refractivity (Wildman–Crippen MR) is 62.1 cm³/mol. The molecule has 1 heterocycles. The average molecular weight is 215 g/mol. The fraction of sp³-hybridized carbons (Fsp3) is 1.00. The third kappa shape index (κ3) is 6.88. The first-order valence-electron chi connectivity index (χ1n) is 6.18. The summed E-state index contributed by atoms with van der Waals surface area (Å²) >= 11 is 0. The van der Waals surface area contributed by atoms with Gasteiger partial charge < -0.3 is 14.8 Å². The van der Waals surface area contributed by atoms with Gasteiger partial charge in [-0.15, -0.1) is 0 Å². The van der Waals surface area contributed by atoms with E-state index in [9.17, 15) is 0 Å². The van der Waals surface area contributed by atoms with Gasteiger partial charge in [0, 0.05) is 32.4 Å². The Labute approximate surface area is 93.5 Å². The van der Waals surface area contributed by atoms with Crippen molar-refractivity contribution >= 4 is 0 Å². The second-order valence-corrected chi connectivity index (χ2v) is 4.64. The van der Waals surface area contributed by atoms with Crippen LogP contribution in [-0.4, -0.2) is 39.0 Å². The molecule has 0 spiro atoms. The normalized spacial score (nSPS) is 18.6. The molecular formula is C12H25NO2. The minimum absolute atomic E-state index is 0.646. The first-order valence-corrected chi connectivity index (χ1v) is 6.18. The third-order valence-corrected chi connectivity index (χ3v) is 2.74. The Kier molecular flexibility index (Phi) is 6.98. The van der Waals surface area contributed by atoms with E-state index in [1.54, 1.807) is 0 Å². The van der Waals surface area contributed by atoms with E-state index >= 15 is 0 Å². The van der Waals surface area contributed by atoms with Gasteiger partial charge in [0.1, 0.15) is 0 Å². The minimum atomic E-state index is 0.646. The minimum Gasteiger partial charge on any atom is -0.381 e. The lowest BCUT2D eigenvalue weighted by Gasteiger charge is -2.23. The molecule has 15 heavy (non-hydrogen) atoms. The molecule has 1 aliphatic heterocycles. The zero-order valence-electron chi connectivity index (χ0n) is 10.1. The molecule has 3 heteroatoms. The zero-order chi connectivity index (χ0) is 10.9. The lowest BCUT2D eigenvalue weighted by Crippen LogP contribution is -2.36. The van der Waals surface area contributed by atoms with E-state index in [4.69, 9.17) is 9.47 Å². The van der Waals surface area contributed by atoms with E-state index in [0.717, 1.165) is 58.2 Å². The Bertz CT molecular complexity index is 145. The molecule has 1 N–H and O–H groups in total. The van der Waals surface area contributed by atoms with Crippen LogP contribution in [0.5, 0.6) is 0 Å². The van der Waals surface area contributed by atoms with E-state index < -0.39 is 0 Å². The lowest BCUT2D eigenvalue weighted by molar-refractivity contribution is 0.0722. The van der Waals surface area contributed by atoms with E-state index in [2.05, 4.69) is 19.2 Å². The van der Waals surface area contributed by atoms with Gasteiger partial charge in [0.25, 0.3) is 0 Å². The van der Waals surface area contributed by atoms with E-state index in [-0.39, 0.29) is 0 Å². The number of hydrogen-bond acceptors (Lipinski definition) is 3. The van der Waals surface area contributed by atoms with Crippen molar-refractivity contribution in [1.82, 2.24) is 5.32 Å². The van der Waals surface area contributed by atoms with Crippen molar-refractivity contribution in [3.8, 4) is 0 Å². The van der Waals surface area contributed by atoms with Crippen molar-refractivity contribution in [1.29, 1.82) is 0 Å². The summed E-state index contributed by atoms with van der Waals surface area (Å²) < 4.78 is 10.8. The van der Waals surface area contributed by atoms with Crippen LogP contribution >= 0.6 is 0 Å². The summed E-state index contributed by atoms with van der Waals surface area (Å²) in [5, 5.41) is 3.50. The summed E-state index contributed by atoms with van der Waals surface area (Å²) in [5.74, 6) is 0.744. The predicted octanol–water partition coefficient (Wildman–Crippen LogP) is 1.82. The Hall–Kier alpha value is -0.120. The maximum absolute atomic E-state index is 5.54. The topological polar surface area (TPSA) is 30.5 Å². The molecular weight excluding hydrogens is 190 g/mol. The Balaban J connectivity index is 1.83. The van der Waals surface area contributed by atoms with E-state index in [1.165, 1.54) is 0 Å². The number of ether oxygens (including phenoxy) is 2. The van der Waals surface area contributed by atoms with Crippen LogP contribution in [0, 0.1) is 5.92 Å². The van der Waals surface area contributed by atoms with Crippen LogP contribution in [-0.2, 0) is 9.47 Å². The third-order valence-electron chi connectivity index (χ3n) is 2.74. The molecule has 0 aromatic carbocycles. The lowest BCUT2D eigenvalue weighted by atomic mass is 10.1. The van der Waals surface area contributed by atoms with Gasteiger partial charge in [-0.2, -0.15) is 0 Å². The van der Waals surface area contributed by atoms with Crippen LogP contribution in [0.3, 0.4) is 0 Å². The van der Waals surface area contributed by atoms with Crippen LogP contribution < -0.4 is 5.32 Å². The van der Waals surface area contributed by atoms with Crippen molar-refractivity contribution in [2.45, 2.75) is 39.2 Å². The highest BCUT2D eigenvalue weighted by molar-refractivity contribution is 4.69. The number of rotatable bonds is 7. The molecule has 0 radical (unpaired) electrons. The SMILES string of the molecule is CC(C)CCOCCNC1CCOCC1. The smallest absolute Gasteiger partial charge is 0.0591 e. The second kappa shape index (κ2) is 8.08. The van der Waals surface area contributed by atoms with E-state index in [1.807, 2.05) is 0 Å². The molecule has 1 saturated heterocycles. The molecule has 0 unspecified atom stereocenters. The van der Waals surface area contributed by atoms with Gasteiger partial charge in [-0.1, -0.05) is 13.8 Å². The second-order valence-electron chi connectivity index (χ2n) is 4.64. The van der Waals surface area contributed by atoms with Crippen molar-refractivity contribution < 1.29 is 9.47 Å². The first kappa shape index (κ1) is 12.9. The number of hydrogen-bond donors (Lipinski definition) is 1. The van der Waals surface area contributed by atoms with Gasteiger partial charge in [-0.3, -0.25) is 0 Å². The van der Waals surface area contributed by atoms with Crippen molar-refractivity contribution in [3.63, 3.8) is 0 Å². The Morgan fingerprint density at radius 1 is 1.27 bits per heavy atom. The van der Waals surface area contributed by atoms with Gasteiger partial charge in [0.15, 0.2) is 0 Å². The molecule has 90 valence electrons. The van der Waals surface area contributed by atoms with Gasteiger partial charge in [0.05, 0.1) is 6.61 Å². The number of nitrogens with one attached hydrogen (secondary N) is 1. The molecule has 0 aromatic rings. The van der Waals surface area contributed by atoms with Crippen LogP contribution in [0.4, 0.5) is 0 Å². The van der Waals surface area contributed by atoms with Gasteiger partial charge in [0.2, 0.25) is 0 Å². The molecule has 0 amide bonds. The summed E-state index contributed by atoms with van der Waals surface area (Å²) in [7, 11) is 0. The summed E-state index contributed by atoms with van der Waals surface area (Å²) in [4.78, 5) is 0. The Morgan fingerprint density at radius 3 is 2.67 bits per heavy atom. The molecule has 0 aromatic heterocycles. The highest BCUT2D eigenvalue weighted by atomic mass is 16.5. The zero-order valence-corrected chi connectivity index (χ0v) is 10.1. The highest BCUT2D eigenvalue weighted by Crippen LogP contribution is 2.05. The monoisotopic (exact) mass is 215 g/mol. The van der Waals surface area contributed by atoms with Crippen LogP contribution in [0.25, 0.3) is 0 Å². The fourth-order valence-corrected chi connectivity index (χ4v) is 1.66. The van der Waals surface area contributed by atoms with Crippen LogP contribution in [0.1, 0.15) is 33.1 Å². The fourth-order valence-electron chi connectivity index (χ4n) is 1.66. The summed E-state index contributed by atoms with van der Waals surface area (Å²) in [6.45, 7) is 8.98. The van der Waals surface area contributed by atoms with Crippen molar-refractivity contribution in [2.75, 3.05) is 33.0 Å². The first-order chi connectivity index (χ1) is 7.29. The molecule has 0 atom stereocenters. The highest BCUT2D eigenvalue weighted by Gasteiger charge is 2.11. The summed E-state index contributed by atoms with van der Waals surface area (Å²) in [5.41, 5.74) is 0. The standard InChI is InChI=1S/C12H25NO2/c1-11(2)3-7-15-10-6-13-12-4-8-14-9-5-12/h11-13H,3-10H2,1-2H3. The van der Waals surface area contributed by atoms with Gasteiger partial charge >= 0.3 is 0 Å². The molecule has 0 bridgehead atoms. The molecule has 1 aliphatic rings. The summed E-state index contributed by atoms with van der Waals surface area (Å²) in [6, 6.07) is 0.646. The molecule has 0 aliphatic carbocycles. The molecule has 1 rings (SSSR count). The van der Waals surface area contributed by atoms with Crippen LogP contribution in [0.15, 0.2) is 0 Å². The van der Waals surface area contributed by atoms with Crippen molar-refractivity contribution in [2.24, 2.45) is 5.92 Å². The van der Waals surface area contributed by atoms with E-state index in [0.29, 0.717) is 6.04 Å². The maximum Gasteiger partial charge on any atom is 0.0591 e. The largest absolute Gasteiger partial charge is 0.381 e. The van der Waals surface area contributed by atoms with Gasteiger partial charge in [-0.25, -0.2) is 0 Å². The van der Waals surface area contributed by atoms with Crippen LogP contribution in [0.2, 0.25) is 0 Å².